The van der Waals surface area contributed by atoms with Gasteiger partial charge in [-0.2, -0.15) is 5.10 Å². The number of carbonyl (C=O) groups excluding carboxylic acids is 1. The Hall–Kier alpha value is -3.77. The van der Waals surface area contributed by atoms with Crippen LogP contribution in [-0.4, -0.2) is 33.1 Å². The van der Waals surface area contributed by atoms with E-state index in [9.17, 15) is 14.9 Å². The van der Waals surface area contributed by atoms with Gasteiger partial charge in [-0.3, -0.25) is 20.0 Å². The molecule has 0 aliphatic heterocycles. The van der Waals surface area contributed by atoms with Crippen molar-refractivity contribution < 1.29 is 19.2 Å². The van der Waals surface area contributed by atoms with Gasteiger partial charge in [-0.1, -0.05) is 6.07 Å². The van der Waals surface area contributed by atoms with Crippen LogP contribution in [0.25, 0.3) is 10.6 Å². The molecular weight excluding hydrogens is 442 g/mol. The molecular formula is C19H15N5O5S2. The number of methoxy groups -OCH3 is 1. The number of hydrogen-bond donors (Lipinski definition) is 2. The number of rotatable bonds is 8. The highest BCUT2D eigenvalue weighted by molar-refractivity contribution is 7.13. The fourth-order valence-electron chi connectivity index (χ4n) is 2.74. The topological polar surface area (TPSA) is 132 Å². The molecule has 0 aliphatic carbocycles. The first-order valence-corrected chi connectivity index (χ1v) is 10.6. The number of aromatic nitrogens is 3. The summed E-state index contributed by atoms with van der Waals surface area (Å²) in [6.07, 6.45) is 0. The highest BCUT2D eigenvalue weighted by Gasteiger charge is 2.25. The summed E-state index contributed by atoms with van der Waals surface area (Å²) in [6.45, 7) is 0.112. The summed E-state index contributed by atoms with van der Waals surface area (Å²) in [4.78, 5) is 28.8. The van der Waals surface area contributed by atoms with Crippen LogP contribution in [-0.2, 0) is 6.61 Å². The van der Waals surface area contributed by atoms with E-state index in [4.69, 9.17) is 9.47 Å². The second kappa shape index (κ2) is 8.93. The van der Waals surface area contributed by atoms with Crippen LogP contribution in [0.3, 0.4) is 0 Å². The number of thiophene rings is 1. The van der Waals surface area contributed by atoms with Crippen LogP contribution in [0.1, 0.15) is 16.1 Å². The molecule has 4 rings (SSSR count). The van der Waals surface area contributed by atoms with Gasteiger partial charge >= 0.3 is 0 Å². The smallest absolute Gasteiger partial charge is 0.286 e. The SMILES string of the molecule is COc1cc(C(=O)Nc2cc(-c3cccs3)[nH]n2)c([N+](=O)[O-])cc1OCc1cscn1. The number of anilines is 1. The first kappa shape index (κ1) is 20.5. The van der Waals surface area contributed by atoms with Crippen LogP contribution in [0.5, 0.6) is 11.5 Å². The van der Waals surface area contributed by atoms with Gasteiger partial charge in [-0.15, -0.1) is 22.7 Å². The molecule has 0 atom stereocenters. The molecule has 0 radical (unpaired) electrons. The van der Waals surface area contributed by atoms with E-state index >= 15 is 0 Å². The molecule has 12 heteroatoms. The number of nitrogens with one attached hydrogen (secondary N) is 2. The Morgan fingerprint density at radius 3 is 2.87 bits per heavy atom. The summed E-state index contributed by atoms with van der Waals surface area (Å²) in [5, 5.41) is 24.8. The van der Waals surface area contributed by atoms with Crippen molar-refractivity contribution in [3.8, 4) is 22.1 Å². The Morgan fingerprint density at radius 2 is 2.19 bits per heavy atom. The van der Waals surface area contributed by atoms with Crippen molar-refractivity contribution in [2.75, 3.05) is 12.4 Å². The van der Waals surface area contributed by atoms with Crippen molar-refractivity contribution in [3.63, 3.8) is 0 Å². The minimum Gasteiger partial charge on any atom is -0.493 e. The van der Waals surface area contributed by atoms with Crippen LogP contribution in [0.4, 0.5) is 11.5 Å². The molecule has 0 aliphatic rings. The van der Waals surface area contributed by atoms with E-state index in [0.29, 0.717) is 5.69 Å². The predicted molar refractivity (Wildman–Crippen MR) is 116 cm³/mol. The van der Waals surface area contributed by atoms with Crippen molar-refractivity contribution in [3.05, 3.63) is 68.0 Å². The zero-order chi connectivity index (χ0) is 21.8. The molecule has 158 valence electrons. The molecule has 31 heavy (non-hydrogen) atoms. The fraction of sp³-hybridized carbons (Fsp3) is 0.105. The maximum absolute atomic E-state index is 12.8. The average molecular weight is 457 g/mol. The van der Waals surface area contributed by atoms with Crippen LogP contribution < -0.4 is 14.8 Å². The molecule has 0 spiro atoms. The van der Waals surface area contributed by atoms with Crippen LogP contribution in [0, 0.1) is 10.1 Å². The first-order valence-electron chi connectivity index (χ1n) is 8.82. The van der Waals surface area contributed by atoms with Crippen molar-refractivity contribution in [2.24, 2.45) is 0 Å². The number of H-pyrrole nitrogens is 1. The van der Waals surface area contributed by atoms with Gasteiger partial charge in [0.05, 0.1) is 39.9 Å². The summed E-state index contributed by atoms with van der Waals surface area (Å²) in [7, 11) is 1.39. The van der Waals surface area contributed by atoms with Crippen molar-refractivity contribution in [2.45, 2.75) is 6.61 Å². The maximum atomic E-state index is 12.8. The van der Waals surface area contributed by atoms with Crippen LogP contribution in [0.2, 0.25) is 0 Å². The number of nitro benzene ring substituents is 1. The maximum Gasteiger partial charge on any atom is 0.286 e. The molecule has 0 bridgehead atoms. The first-order chi connectivity index (χ1) is 15.0. The lowest BCUT2D eigenvalue weighted by molar-refractivity contribution is -0.385. The van der Waals surface area contributed by atoms with Gasteiger partial charge in [0.15, 0.2) is 17.3 Å². The number of nitro groups is 1. The molecule has 0 fully saturated rings. The van der Waals surface area contributed by atoms with Crippen molar-refractivity contribution in [1.82, 2.24) is 15.2 Å². The zero-order valence-corrected chi connectivity index (χ0v) is 17.7. The lowest BCUT2D eigenvalue weighted by atomic mass is 10.1. The number of benzene rings is 1. The summed E-state index contributed by atoms with van der Waals surface area (Å²) in [6, 6.07) is 7.90. The van der Waals surface area contributed by atoms with E-state index in [0.717, 1.165) is 10.6 Å². The quantitative estimate of drug-likeness (QED) is 0.297. The molecule has 0 saturated carbocycles. The lowest BCUT2D eigenvalue weighted by Crippen LogP contribution is -2.15. The molecule has 3 aromatic heterocycles. The summed E-state index contributed by atoms with van der Waals surface area (Å²) in [5.41, 5.74) is 2.47. The predicted octanol–water partition coefficient (Wildman–Crippen LogP) is 4.34. The highest BCUT2D eigenvalue weighted by Crippen LogP contribution is 2.35. The third kappa shape index (κ3) is 4.54. The number of carbonyl (C=O) groups is 1. The van der Waals surface area contributed by atoms with E-state index in [-0.39, 0.29) is 29.5 Å². The fourth-order valence-corrected chi connectivity index (χ4v) is 3.98. The Kier molecular flexibility index (Phi) is 5.91. The highest BCUT2D eigenvalue weighted by atomic mass is 32.1. The average Bonchev–Trinajstić information content (AvgIpc) is 3.54. The van der Waals surface area contributed by atoms with Gasteiger partial charge in [0.2, 0.25) is 0 Å². The summed E-state index contributed by atoms with van der Waals surface area (Å²) in [5.74, 6) is -0.128. The monoisotopic (exact) mass is 457 g/mol. The van der Waals surface area contributed by atoms with Crippen molar-refractivity contribution in [1.29, 1.82) is 0 Å². The van der Waals surface area contributed by atoms with Crippen LogP contribution >= 0.6 is 22.7 Å². The Bertz CT molecular complexity index is 1200. The number of thiazole rings is 1. The number of amides is 1. The van der Waals surface area contributed by atoms with Crippen LogP contribution in [0.15, 0.2) is 46.6 Å². The molecule has 3 heterocycles. The largest absolute Gasteiger partial charge is 0.493 e. The van der Waals surface area contributed by atoms with E-state index < -0.39 is 16.5 Å². The van der Waals surface area contributed by atoms with Gasteiger partial charge in [-0.05, 0) is 11.4 Å². The number of ether oxygens (including phenoxy) is 2. The van der Waals surface area contributed by atoms with Gasteiger partial charge < -0.3 is 14.8 Å². The molecule has 1 aromatic carbocycles. The number of nitrogens with zero attached hydrogens (tertiary/aromatic N) is 3. The Labute approximate surface area is 183 Å². The van der Waals surface area contributed by atoms with E-state index in [1.165, 1.54) is 41.9 Å². The molecule has 0 saturated heterocycles. The second-order valence-electron chi connectivity index (χ2n) is 6.14. The van der Waals surface area contributed by atoms with Gasteiger partial charge in [0, 0.05) is 17.5 Å². The summed E-state index contributed by atoms with van der Waals surface area (Å²) >= 11 is 2.92. The lowest BCUT2D eigenvalue weighted by Gasteiger charge is -2.12. The Balaban J connectivity index is 1.58. The standard InChI is InChI=1S/C19H15N5O5S2/c1-28-15-5-12(14(24(26)27)7-16(15)29-8-11-9-30-10-20-11)19(25)21-18-6-13(22-23-18)17-3-2-4-31-17/h2-7,9-10H,8H2,1H3,(H2,21,22,23,25). The minimum absolute atomic E-state index is 0.112. The van der Waals surface area contributed by atoms with E-state index in [2.05, 4.69) is 20.5 Å². The number of aromatic amines is 1. The molecule has 0 unspecified atom stereocenters. The normalized spacial score (nSPS) is 10.6. The van der Waals surface area contributed by atoms with E-state index in [1.54, 1.807) is 17.0 Å². The third-order valence-electron chi connectivity index (χ3n) is 4.19. The molecule has 1 amide bonds. The Morgan fingerprint density at radius 1 is 1.32 bits per heavy atom. The minimum atomic E-state index is -0.694. The molecule has 10 nitrogen and oxygen atoms in total. The molecule has 4 aromatic rings. The van der Waals surface area contributed by atoms with Gasteiger partial charge in [0.1, 0.15) is 12.2 Å². The zero-order valence-electron chi connectivity index (χ0n) is 16.0. The molecule has 2 N–H and O–H groups in total. The van der Waals surface area contributed by atoms with Gasteiger partial charge in [0.25, 0.3) is 11.6 Å². The number of hydrogen-bond acceptors (Lipinski definition) is 9. The summed E-state index contributed by atoms with van der Waals surface area (Å²) < 4.78 is 10.9. The van der Waals surface area contributed by atoms with Crippen molar-refractivity contribution >= 4 is 40.1 Å². The third-order valence-corrected chi connectivity index (χ3v) is 5.73. The second-order valence-corrected chi connectivity index (χ2v) is 7.81. The van der Waals surface area contributed by atoms with E-state index in [1.807, 2.05) is 17.5 Å². The van der Waals surface area contributed by atoms with Gasteiger partial charge in [-0.25, -0.2) is 4.98 Å².